The Morgan fingerprint density at radius 1 is 1.28 bits per heavy atom. The molecule has 1 aromatic carbocycles. The fourth-order valence-electron chi connectivity index (χ4n) is 1.95. The quantitative estimate of drug-likeness (QED) is 0.890. The minimum Gasteiger partial charge on any atom is -0.373 e. The first kappa shape index (κ1) is 13.4. The van der Waals surface area contributed by atoms with Crippen molar-refractivity contribution in [3.8, 4) is 0 Å². The summed E-state index contributed by atoms with van der Waals surface area (Å²) in [5.74, 6) is 0. The van der Waals surface area contributed by atoms with Crippen LogP contribution in [-0.4, -0.2) is 20.1 Å². The van der Waals surface area contributed by atoms with Crippen molar-refractivity contribution in [3.05, 3.63) is 29.6 Å². The van der Waals surface area contributed by atoms with E-state index < -0.39 is 0 Å². The maximum absolute atomic E-state index is 5.79. The molecule has 0 saturated heterocycles. The number of anilines is 1. The molecule has 0 aliphatic heterocycles. The summed E-state index contributed by atoms with van der Waals surface area (Å²) in [6, 6.07) is 8.59. The Kier molecular flexibility index (Phi) is 3.93. The average molecular weight is 262 g/mol. The molecule has 0 aliphatic rings. The third-order valence-corrected chi connectivity index (χ3v) is 4.50. The average Bonchev–Trinajstić information content (AvgIpc) is 2.80. The Morgan fingerprint density at radius 2 is 2.00 bits per heavy atom. The predicted octanol–water partition coefficient (Wildman–Crippen LogP) is 3.71. The lowest BCUT2D eigenvalue weighted by molar-refractivity contribution is 0.351. The largest absolute Gasteiger partial charge is 0.373 e. The monoisotopic (exact) mass is 262 g/mol. The third kappa shape index (κ3) is 2.85. The highest BCUT2D eigenvalue weighted by atomic mass is 32.1. The summed E-state index contributed by atoms with van der Waals surface area (Å²) in [6.45, 7) is 6.25. The fraction of sp³-hybridized carbons (Fsp3) is 0.467. The van der Waals surface area contributed by atoms with E-state index in [2.05, 4.69) is 55.4 Å². The van der Waals surface area contributed by atoms with E-state index in [1.807, 2.05) is 11.3 Å². The van der Waals surface area contributed by atoms with Gasteiger partial charge in [-0.1, -0.05) is 32.0 Å². The molecule has 2 rings (SSSR count). The summed E-state index contributed by atoms with van der Waals surface area (Å²) in [5, 5.41) is 3.61. The molecule has 0 spiro atoms. The van der Waals surface area contributed by atoms with Gasteiger partial charge in [0.15, 0.2) is 0 Å². The molecule has 1 heterocycles. The molecule has 1 aromatic heterocycles. The topological polar surface area (TPSA) is 29.3 Å². The van der Waals surface area contributed by atoms with Crippen molar-refractivity contribution < 1.29 is 0 Å². The van der Waals surface area contributed by atoms with Gasteiger partial charge in [-0.15, -0.1) is 11.3 Å². The Balaban J connectivity index is 2.12. The number of nitrogens with zero attached hydrogens (tertiary/aromatic N) is 1. The molecule has 18 heavy (non-hydrogen) atoms. The number of nitrogens with two attached hydrogens (primary N) is 1. The highest BCUT2D eigenvalue weighted by Gasteiger charge is 2.17. The van der Waals surface area contributed by atoms with Gasteiger partial charge in [-0.25, -0.2) is 0 Å². The number of rotatable bonds is 5. The summed E-state index contributed by atoms with van der Waals surface area (Å²) in [6.07, 6.45) is 1.12. The zero-order valence-corrected chi connectivity index (χ0v) is 12.3. The van der Waals surface area contributed by atoms with E-state index in [0.717, 1.165) is 19.5 Å². The van der Waals surface area contributed by atoms with Gasteiger partial charge in [0.2, 0.25) is 0 Å². The van der Waals surface area contributed by atoms with Crippen molar-refractivity contribution in [1.29, 1.82) is 0 Å². The fourth-order valence-corrected chi connectivity index (χ4v) is 2.95. The number of hydrogen-bond acceptors (Lipinski definition) is 3. The van der Waals surface area contributed by atoms with E-state index >= 15 is 0 Å². The van der Waals surface area contributed by atoms with Crippen LogP contribution >= 0.6 is 11.3 Å². The summed E-state index contributed by atoms with van der Waals surface area (Å²) >= 11 is 1.82. The Bertz CT molecular complexity index is 516. The third-order valence-electron chi connectivity index (χ3n) is 3.55. The maximum Gasteiger partial charge on any atom is 0.0552 e. The van der Waals surface area contributed by atoms with E-state index in [-0.39, 0.29) is 5.41 Å². The van der Waals surface area contributed by atoms with Crippen LogP contribution in [0.5, 0.6) is 0 Å². The first-order valence-electron chi connectivity index (χ1n) is 6.41. The van der Waals surface area contributed by atoms with Gasteiger partial charge in [0.1, 0.15) is 0 Å². The lowest BCUT2D eigenvalue weighted by Crippen LogP contribution is -2.29. The molecule has 2 N–H and O–H groups in total. The molecule has 0 radical (unpaired) electrons. The lowest BCUT2D eigenvalue weighted by Gasteiger charge is -2.26. The highest BCUT2D eigenvalue weighted by molar-refractivity contribution is 7.17. The molecule has 2 aromatic rings. The maximum atomic E-state index is 5.79. The second kappa shape index (κ2) is 5.29. The van der Waals surface area contributed by atoms with Crippen LogP contribution in [0.25, 0.3) is 10.1 Å². The molecule has 0 aliphatic carbocycles. The molecule has 0 amide bonds. The van der Waals surface area contributed by atoms with Gasteiger partial charge >= 0.3 is 0 Å². The molecule has 0 bridgehead atoms. The second-order valence-corrected chi connectivity index (χ2v) is 6.57. The van der Waals surface area contributed by atoms with Crippen LogP contribution in [0.1, 0.15) is 20.3 Å². The van der Waals surface area contributed by atoms with Gasteiger partial charge in [0, 0.05) is 29.1 Å². The van der Waals surface area contributed by atoms with Gasteiger partial charge in [-0.3, -0.25) is 0 Å². The van der Waals surface area contributed by atoms with Crippen LogP contribution in [0.4, 0.5) is 5.69 Å². The molecule has 0 atom stereocenters. The van der Waals surface area contributed by atoms with E-state index in [9.17, 15) is 0 Å². The van der Waals surface area contributed by atoms with Crippen molar-refractivity contribution in [2.75, 3.05) is 25.0 Å². The zero-order chi connectivity index (χ0) is 13.2. The zero-order valence-electron chi connectivity index (χ0n) is 11.4. The highest BCUT2D eigenvalue weighted by Crippen LogP contribution is 2.32. The Labute approximate surface area is 113 Å². The molecule has 3 heteroatoms. The van der Waals surface area contributed by atoms with E-state index in [1.165, 1.54) is 15.8 Å². The molecule has 0 unspecified atom stereocenters. The minimum absolute atomic E-state index is 0.222. The molecule has 98 valence electrons. The number of benzene rings is 1. The van der Waals surface area contributed by atoms with Gasteiger partial charge in [0.25, 0.3) is 0 Å². The van der Waals surface area contributed by atoms with Gasteiger partial charge in [-0.05, 0) is 24.4 Å². The summed E-state index contributed by atoms with van der Waals surface area (Å²) in [7, 11) is 2.17. The van der Waals surface area contributed by atoms with Gasteiger partial charge in [0.05, 0.1) is 5.69 Å². The van der Waals surface area contributed by atoms with Crippen molar-refractivity contribution in [1.82, 2.24) is 0 Å². The molecule has 0 saturated carbocycles. The Hall–Kier alpha value is -1.06. The molecule has 0 fully saturated rings. The van der Waals surface area contributed by atoms with Crippen LogP contribution in [0.3, 0.4) is 0 Å². The standard InChI is InChI=1S/C15H22N2S/c1-15(2,11-16)8-9-17(3)13-10-18-14-7-5-4-6-12(13)14/h4-7,10H,8-9,11,16H2,1-3H3. The van der Waals surface area contributed by atoms with Crippen molar-refractivity contribution >= 4 is 27.1 Å². The van der Waals surface area contributed by atoms with Crippen LogP contribution in [0.15, 0.2) is 29.6 Å². The van der Waals surface area contributed by atoms with E-state index in [4.69, 9.17) is 5.73 Å². The van der Waals surface area contributed by atoms with Gasteiger partial charge < -0.3 is 10.6 Å². The minimum atomic E-state index is 0.222. The van der Waals surface area contributed by atoms with Crippen LogP contribution in [0, 0.1) is 5.41 Å². The van der Waals surface area contributed by atoms with Crippen LogP contribution < -0.4 is 10.6 Å². The number of fused-ring (bicyclic) bond motifs is 1. The van der Waals surface area contributed by atoms with E-state index in [0.29, 0.717) is 0 Å². The first-order valence-corrected chi connectivity index (χ1v) is 7.29. The van der Waals surface area contributed by atoms with E-state index in [1.54, 1.807) is 0 Å². The lowest BCUT2D eigenvalue weighted by atomic mass is 9.89. The molecule has 2 nitrogen and oxygen atoms in total. The summed E-state index contributed by atoms with van der Waals surface area (Å²) in [5.41, 5.74) is 7.34. The number of hydrogen-bond donors (Lipinski definition) is 1. The Morgan fingerprint density at radius 3 is 2.72 bits per heavy atom. The summed E-state index contributed by atoms with van der Waals surface area (Å²) < 4.78 is 1.36. The smallest absolute Gasteiger partial charge is 0.0552 e. The summed E-state index contributed by atoms with van der Waals surface area (Å²) in [4.78, 5) is 2.34. The second-order valence-electron chi connectivity index (χ2n) is 5.66. The van der Waals surface area contributed by atoms with Crippen molar-refractivity contribution in [2.45, 2.75) is 20.3 Å². The predicted molar refractivity (Wildman–Crippen MR) is 82.5 cm³/mol. The normalized spacial score (nSPS) is 12.0. The first-order chi connectivity index (χ1) is 8.53. The van der Waals surface area contributed by atoms with Crippen LogP contribution in [0.2, 0.25) is 0 Å². The molecular formula is C15H22N2S. The number of thiophene rings is 1. The van der Waals surface area contributed by atoms with Crippen LogP contribution in [-0.2, 0) is 0 Å². The van der Waals surface area contributed by atoms with Gasteiger partial charge in [-0.2, -0.15) is 0 Å². The van der Waals surface area contributed by atoms with Crippen molar-refractivity contribution in [2.24, 2.45) is 11.1 Å². The molecular weight excluding hydrogens is 240 g/mol. The van der Waals surface area contributed by atoms with Crippen molar-refractivity contribution in [3.63, 3.8) is 0 Å². The SMILES string of the molecule is CN(CCC(C)(C)CN)c1csc2ccccc12.